The predicted molar refractivity (Wildman–Crippen MR) is 64.6 cm³/mol. The minimum Gasteiger partial charge on any atom is -0.395 e. The van der Waals surface area contributed by atoms with Crippen molar-refractivity contribution in [1.82, 2.24) is 9.80 Å². The zero-order valence-electron chi connectivity index (χ0n) is 10.5. The topological polar surface area (TPSA) is 79.0 Å². The molecular formula is C11H23N3O3. The summed E-state index contributed by atoms with van der Waals surface area (Å²) in [6.45, 7) is 4.32. The Kier molecular flexibility index (Phi) is 6.43. The van der Waals surface area contributed by atoms with E-state index in [0.717, 1.165) is 26.2 Å². The van der Waals surface area contributed by atoms with Crippen LogP contribution in [-0.2, 0) is 9.53 Å². The van der Waals surface area contributed by atoms with Crippen molar-refractivity contribution >= 4 is 5.91 Å². The molecule has 0 aromatic carbocycles. The number of amides is 1. The lowest BCUT2D eigenvalue weighted by Crippen LogP contribution is -2.50. The molecular weight excluding hydrogens is 222 g/mol. The molecule has 0 saturated carbocycles. The van der Waals surface area contributed by atoms with Crippen molar-refractivity contribution in [3.05, 3.63) is 0 Å². The highest BCUT2D eigenvalue weighted by Crippen LogP contribution is 2.06. The zero-order valence-corrected chi connectivity index (χ0v) is 10.5. The summed E-state index contributed by atoms with van der Waals surface area (Å²) >= 11 is 0. The SMILES string of the molecule is COC(CN)CC(=O)N1CCN(CCO)CC1. The molecule has 1 amide bonds. The van der Waals surface area contributed by atoms with Gasteiger partial charge in [0.2, 0.25) is 5.91 Å². The van der Waals surface area contributed by atoms with Gasteiger partial charge in [0.1, 0.15) is 0 Å². The van der Waals surface area contributed by atoms with Gasteiger partial charge < -0.3 is 20.5 Å². The van der Waals surface area contributed by atoms with Crippen molar-refractivity contribution in [2.75, 3.05) is 53.0 Å². The molecule has 1 heterocycles. The first-order valence-electron chi connectivity index (χ1n) is 6.05. The Morgan fingerprint density at radius 3 is 2.53 bits per heavy atom. The number of piperazine rings is 1. The molecule has 100 valence electrons. The number of β-amino-alcohol motifs (C(OH)–C–C–N with tert-alkyl or cyclic N) is 1. The smallest absolute Gasteiger partial charge is 0.225 e. The summed E-state index contributed by atoms with van der Waals surface area (Å²) in [6, 6.07) is 0. The molecule has 1 rings (SSSR count). The summed E-state index contributed by atoms with van der Waals surface area (Å²) in [6.07, 6.45) is 0.172. The van der Waals surface area contributed by atoms with Gasteiger partial charge in [-0.3, -0.25) is 9.69 Å². The Morgan fingerprint density at radius 1 is 1.41 bits per heavy atom. The average Bonchev–Trinajstić information content (AvgIpc) is 2.37. The van der Waals surface area contributed by atoms with Crippen LogP contribution in [0.2, 0.25) is 0 Å². The molecule has 1 saturated heterocycles. The molecule has 1 aliphatic rings. The van der Waals surface area contributed by atoms with Gasteiger partial charge in [0.05, 0.1) is 19.1 Å². The Balaban J connectivity index is 2.30. The fourth-order valence-corrected chi connectivity index (χ4v) is 1.95. The van der Waals surface area contributed by atoms with Gasteiger partial charge in [-0.15, -0.1) is 0 Å². The van der Waals surface area contributed by atoms with Crippen molar-refractivity contribution in [2.24, 2.45) is 5.73 Å². The molecule has 0 aromatic heterocycles. The third-order valence-corrected chi connectivity index (χ3v) is 3.14. The number of carbonyl (C=O) groups excluding carboxylic acids is 1. The maximum atomic E-state index is 11.9. The molecule has 6 heteroatoms. The summed E-state index contributed by atoms with van der Waals surface area (Å²) in [4.78, 5) is 15.9. The molecule has 1 unspecified atom stereocenters. The first kappa shape index (κ1) is 14.4. The van der Waals surface area contributed by atoms with Gasteiger partial charge in [0, 0.05) is 46.4 Å². The quantitative estimate of drug-likeness (QED) is 0.594. The second kappa shape index (κ2) is 7.60. The molecule has 3 N–H and O–H groups in total. The van der Waals surface area contributed by atoms with Crippen molar-refractivity contribution in [3.8, 4) is 0 Å². The molecule has 0 aromatic rings. The highest BCUT2D eigenvalue weighted by Gasteiger charge is 2.22. The van der Waals surface area contributed by atoms with E-state index in [-0.39, 0.29) is 18.6 Å². The van der Waals surface area contributed by atoms with E-state index >= 15 is 0 Å². The van der Waals surface area contributed by atoms with E-state index in [1.807, 2.05) is 4.90 Å². The second-order valence-electron chi connectivity index (χ2n) is 4.24. The summed E-state index contributed by atoms with van der Waals surface area (Å²) in [5.74, 6) is 0.103. The highest BCUT2D eigenvalue weighted by molar-refractivity contribution is 5.76. The number of carbonyl (C=O) groups is 1. The maximum Gasteiger partial charge on any atom is 0.225 e. The van der Waals surface area contributed by atoms with Crippen molar-refractivity contribution in [3.63, 3.8) is 0 Å². The number of rotatable bonds is 6. The number of aliphatic hydroxyl groups is 1. The molecule has 1 fully saturated rings. The minimum atomic E-state index is -0.182. The number of hydrogen-bond acceptors (Lipinski definition) is 5. The maximum absolute atomic E-state index is 11.9. The van der Waals surface area contributed by atoms with Crippen LogP contribution in [0.4, 0.5) is 0 Å². The fraction of sp³-hybridized carbons (Fsp3) is 0.909. The molecule has 0 aliphatic carbocycles. The van der Waals surface area contributed by atoms with E-state index < -0.39 is 0 Å². The highest BCUT2D eigenvalue weighted by atomic mass is 16.5. The molecule has 0 spiro atoms. The van der Waals surface area contributed by atoms with Crippen LogP contribution in [0.15, 0.2) is 0 Å². The molecule has 17 heavy (non-hydrogen) atoms. The first-order chi connectivity index (χ1) is 8.21. The van der Waals surface area contributed by atoms with Crippen LogP contribution in [0.1, 0.15) is 6.42 Å². The lowest BCUT2D eigenvalue weighted by Gasteiger charge is -2.34. The van der Waals surface area contributed by atoms with Crippen LogP contribution in [0.3, 0.4) is 0 Å². The van der Waals surface area contributed by atoms with E-state index in [9.17, 15) is 4.79 Å². The van der Waals surface area contributed by atoms with E-state index in [2.05, 4.69) is 4.90 Å². The zero-order chi connectivity index (χ0) is 12.7. The van der Waals surface area contributed by atoms with Gasteiger partial charge >= 0.3 is 0 Å². The Morgan fingerprint density at radius 2 is 2.06 bits per heavy atom. The number of nitrogens with two attached hydrogens (primary N) is 1. The van der Waals surface area contributed by atoms with E-state index in [1.54, 1.807) is 7.11 Å². The molecule has 1 aliphatic heterocycles. The summed E-state index contributed by atoms with van der Waals surface area (Å²) in [7, 11) is 1.57. The number of aliphatic hydroxyl groups excluding tert-OH is 1. The largest absolute Gasteiger partial charge is 0.395 e. The van der Waals surface area contributed by atoms with E-state index in [0.29, 0.717) is 19.5 Å². The molecule has 6 nitrogen and oxygen atoms in total. The standard InChI is InChI=1S/C11H23N3O3/c1-17-10(9-12)8-11(16)14-4-2-13(3-5-14)6-7-15/h10,15H,2-9,12H2,1H3. The lowest BCUT2D eigenvalue weighted by atomic mass is 10.2. The van der Waals surface area contributed by atoms with E-state index in [1.165, 1.54) is 0 Å². The minimum absolute atomic E-state index is 0.103. The normalized spacial score (nSPS) is 19.4. The summed E-state index contributed by atoms with van der Waals surface area (Å²) < 4.78 is 5.10. The molecule has 1 atom stereocenters. The first-order valence-corrected chi connectivity index (χ1v) is 6.05. The fourth-order valence-electron chi connectivity index (χ4n) is 1.95. The van der Waals surface area contributed by atoms with Crippen LogP contribution in [0.5, 0.6) is 0 Å². The van der Waals surface area contributed by atoms with Gasteiger partial charge in [-0.05, 0) is 0 Å². The number of ether oxygens (including phenoxy) is 1. The summed E-state index contributed by atoms with van der Waals surface area (Å²) in [5.41, 5.74) is 5.49. The Hall–Kier alpha value is -0.690. The molecule has 0 radical (unpaired) electrons. The van der Waals surface area contributed by atoms with Gasteiger partial charge in [-0.25, -0.2) is 0 Å². The Bertz CT molecular complexity index is 226. The number of methoxy groups -OCH3 is 1. The van der Waals surface area contributed by atoms with Crippen LogP contribution in [0.25, 0.3) is 0 Å². The predicted octanol–water partition coefficient (Wildman–Crippen LogP) is -1.51. The summed E-state index contributed by atoms with van der Waals surface area (Å²) in [5, 5.41) is 8.82. The van der Waals surface area contributed by atoms with Gasteiger partial charge in [-0.1, -0.05) is 0 Å². The van der Waals surface area contributed by atoms with Crippen LogP contribution >= 0.6 is 0 Å². The monoisotopic (exact) mass is 245 g/mol. The van der Waals surface area contributed by atoms with Gasteiger partial charge in [0.15, 0.2) is 0 Å². The van der Waals surface area contributed by atoms with Crippen LogP contribution < -0.4 is 5.73 Å². The van der Waals surface area contributed by atoms with Crippen LogP contribution in [-0.4, -0.2) is 79.9 Å². The molecule has 0 bridgehead atoms. The van der Waals surface area contributed by atoms with Gasteiger partial charge in [0.25, 0.3) is 0 Å². The van der Waals surface area contributed by atoms with Crippen LogP contribution in [0, 0.1) is 0 Å². The second-order valence-corrected chi connectivity index (χ2v) is 4.24. The van der Waals surface area contributed by atoms with Crippen molar-refractivity contribution < 1.29 is 14.6 Å². The third kappa shape index (κ3) is 4.59. The van der Waals surface area contributed by atoms with Crippen molar-refractivity contribution in [2.45, 2.75) is 12.5 Å². The number of hydrogen-bond donors (Lipinski definition) is 2. The van der Waals surface area contributed by atoms with Gasteiger partial charge in [-0.2, -0.15) is 0 Å². The third-order valence-electron chi connectivity index (χ3n) is 3.14. The lowest BCUT2D eigenvalue weighted by molar-refractivity contribution is -0.135. The Labute approximate surface area is 102 Å². The van der Waals surface area contributed by atoms with E-state index in [4.69, 9.17) is 15.6 Å². The average molecular weight is 245 g/mol. The number of nitrogens with zero attached hydrogens (tertiary/aromatic N) is 2. The van der Waals surface area contributed by atoms with Crippen molar-refractivity contribution in [1.29, 1.82) is 0 Å².